The van der Waals surface area contributed by atoms with Crippen molar-refractivity contribution in [2.75, 3.05) is 25.0 Å². The van der Waals surface area contributed by atoms with Gasteiger partial charge in [0.15, 0.2) is 0 Å². The second-order valence-corrected chi connectivity index (χ2v) is 4.64. The molecule has 0 radical (unpaired) electrons. The fourth-order valence-electron chi connectivity index (χ4n) is 2.19. The zero-order valence-corrected chi connectivity index (χ0v) is 11.2. The Bertz CT molecular complexity index is 611. The Labute approximate surface area is 106 Å². The Morgan fingerprint density at radius 1 is 1.22 bits per heavy atom. The van der Waals surface area contributed by atoms with Crippen LogP contribution in [0.25, 0.3) is 11.0 Å². The quantitative estimate of drug-likeness (QED) is 0.865. The summed E-state index contributed by atoms with van der Waals surface area (Å²) in [6, 6.07) is 6.08. The van der Waals surface area contributed by atoms with Crippen LogP contribution in [0.2, 0.25) is 0 Å². The van der Waals surface area contributed by atoms with E-state index in [0.29, 0.717) is 6.54 Å². The average molecular weight is 248 g/mol. The lowest BCUT2D eigenvalue weighted by atomic mass is 10.2. The van der Waals surface area contributed by atoms with Crippen molar-refractivity contribution in [3.05, 3.63) is 28.7 Å². The van der Waals surface area contributed by atoms with Gasteiger partial charge in [0.2, 0.25) is 0 Å². The molecule has 18 heavy (non-hydrogen) atoms. The molecule has 0 atom stereocenters. The maximum Gasteiger partial charge on any atom is 0.328 e. The summed E-state index contributed by atoms with van der Waals surface area (Å²) < 4.78 is 3.34. The van der Waals surface area contributed by atoms with Crippen molar-refractivity contribution >= 4 is 16.7 Å². The molecule has 0 unspecified atom stereocenters. The van der Waals surface area contributed by atoms with Crippen LogP contribution in [0.3, 0.4) is 0 Å². The van der Waals surface area contributed by atoms with Crippen LogP contribution >= 0.6 is 0 Å². The first-order valence-electron chi connectivity index (χ1n) is 6.13. The summed E-state index contributed by atoms with van der Waals surface area (Å²) in [6.07, 6.45) is 0.961. The van der Waals surface area contributed by atoms with E-state index in [1.54, 1.807) is 23.2 Å². The van der Waals surface area contributed by atoms with Crippen LogP contribution in [-0.2, 0) is 14.1 Å². The molecule has 0 fully saturated rings. The van der Waals surface area contributed by atoms with E-state index in [4.69, 9.17) is 5.73 Å². The third kappa shape index (κ3) is 2.01. The summed E-state index contributed by atoms with van der Waals surface area (Å²) in [4.78, 5) is 14.0. The highest BCUT2D eigenvalue weighted by Crippen LogP contribution is 2.20. The van der Waals surface area contributed by atoms with Gasteiger partial charge in [0, 0.05) is 33.4 Å². The molecule has 98 valence electrons. The summed E-state index contributed by atoms with van der Waals surface area (Å²) in [5.74, 6) is 0. The minimum atomic E-state index is 0.00626. The number of nitrogens with zero attached hydrogens (tertiary/aromatic N) is 3. The molecular weight excluding hydrogens is 228 g/mol. The molecule has 0 saturated carbocycles. The van der Waals surface area contributed by atoms with Crippen LogP contribution in [0, 0.1) is 0 Å². The van der Waals surface area contributed by atoms with Crippen molar-refractivity contribution in [2.45, 2.75) is 6.42 Å². The van der Waals surface area contributed by atoms with Crippen molar-refractivity contribution in [2.24, 2.45) is 19.8 Å². The molecule has 0 aliphatic carbocycles. The van der Waals surface area contributed by atoms with Crippen molar-refractivity contribution in [1.29, 1.82) is 0 Å². The molecule has 0 amide bonds. The van der Waals surface area contributed by atoms with Gasteiger partial charge in [0.1, 0.15) is 0 Å². The average Bonchev–Trinajstić information content (AvgIpc) is 2.61. The van der Waals surface area contributed by atoms with Gasteiger partial charge in [-0.25, -0.2) is 4.79 Å². The zero-order valence-electron chi connectivity index (χ0n) is 11.2. The van der Waals surface area contributed by atoms with Gasteiger partial charge in [-0.2, -0.15) is 0 Å². The zero-order chi connectivity index (χ0) is 13.3. The number of hydrogen-bond donors (Lipinski definition) is 1. The summed E-state index contributed by atoms with van der Waals surface area (Å²) in [6.45, 7) is 1.61. The van der Waals surface area contributed by atoms with Gasteiger partial charge in [-0.15, -0.1) is 0 Å². The molecule has 5 nitrogen and oxygen atoms in total. The maximum absolute atomic E-state index is 11.8. The van der Waals surface area contributed by atoms with Crippen molar-refractivity contribution in [1.82, 2.24) is 9.13 Å². The first-order valence-corrected chi connectivity index (χ1v) is 6.13. The number of anilines is 1. The molecule has 5 heteroatoms. The van der Waals surface area contributed by atoms with Crippen molar-refractivity contribution in [3.63, 3.8) is 0 Å². The summed E-state index contributed by atoms with van der Waals surface area (Å²) in [5, 5.41) is 0. The van der Waals surface area contributed by atoms with Gasteiger partial charge in [-0.1, -0.05) is 0 Å². The fraction of sp³-hybridized carbons (Fsp3) is 0.462. The lowest BCUT2D eigenvalue weighted by Crippen LogP contribution is -2.21. The van der Waals surface area contributed by atoms with E-state index < -0.39 is 0 Å². The summed E-state index contributed by atoms with van der Waals surface area (Å²) >= 11 is 0. The van der Waals surface area contributed by atoms with Crippen molar-refractivity contribution in [3.8, 4) is 0 Å². The monoisotopic (exact) mass is 248 g/mol. The number of aryl methyl sites for hydroxylation is 2. The van der Waals surface area contributed by atoms with Gasteiger partial charge in [0.25, 0.3) is 0 Å². The van der Waals surface area contributed by atoms with Gasteiger partial charge in [-0.05, 0) is 31.2 Å². The molecule has 0 bridgehead atoms. The van der Waals surface area contributed by atoms with Crippen LogP contribution in [0.15, 0.2) is 23.0 Å². The molecule has 1 aromatic carbocycles. The second-order valence-electron chi connectivity index (χ2n) is 4.64. The largest absolute Gasteiger partial charge is 0.374 e. The predicted molar refractivity (Wildman–Crippen MR) is 75.1 cm³/mol. The van der Waals surface area contributed by atoms with E-state index in [0.717, 1.165) is 29.7 Å². The molecule has 2 aromatic rings. The first kappa shape index (κ1) is 12.7. The SMILES string of the molecule is CN(CCCN)c1ccc2c(c1)n(C)c(=O)n2C. The third-order valence-corrected chi connectivity index (χ3v) is 3.39. The predicted octanol–water partition coefficient (Wildman–Crippen LogP) is 0.662. The lowest BCUT2D eigenvalue weighted by Gasteiger charge is -2.19. The Hall–Kier alpha value is -1.75. The van der Waals surface area contributed by atoms with Crippen molar-refractivity contribution < 1.29 is 0 Å². The number of nitrogens with two attached hydrogens (primary N) is 1. The molecule has 1 heterocycles. The van der Waals surface area contributed by atoms with Crippen LogP contribution < -0.4 is 16.3 Å². The van der Waals surface area contributed by atoms with Gasteiger partial charge < -0.3 is 10.6 Å². The second kappa shape index (κ2) is 4.86. The highest BCUT2D eigenvalue weighted by atomic mass is 16.1. The van der Waals surface area contributed by atoms with Gasteiger partial charge >= 0.3 is 5.69 Å². The minimum Gasteiger partial charge on any atom is -0.374 e. The molecule has 1 aromatic heterocycles. The van der Waals surface area contributed by atoms with Gasteiger partial charge in [0.05, 0.1) is 11.0 Å². The molecule has 0 saturated heterocycles. The van der Waals surface area contributed by atoms with E-state index in [9.17, 15) is 4.79 Å². The van der Waals surface area contributed by atoms with Crippen LogP contribution in [0.4, 0.5) is 5.69 Å². The fourth-order valence-corrected chi connectivity index (χ4v) is 2.19. The Kier molecular flexibility index (Phi) is 3.43. The normalized spacial score (nSPS) is 11.1. The van der Waals surface area contributed by atoms with Crippen LogP contribution in [0.1, 0.15) is 6.42 Å². The topological polar surface area (TPSA) is 56.2 Å². The molecule has 0 spiro atoms. The standard InChI is InChI=1S/C13H20N4O/c1-15(8-4-7-14)10-5-6-11-12(9-10)17(3)13(18)16(11)2/h5-6,9H,4,7-8,14H2,1-3H3. The lowest BCUT2D eigenvalue weighted by molar-refractivity contribution is 0.793. The summed E-state index contributed by atoms with van der Waals surface area (Å²) in [7, 11) is 5.63. The van der Waals surface area contributed by atoms with E-state index in [-0.39, 0.29) is 5.69 Å². The Balaban J connectivity index is 2.44. The number of fused-ring (bicyclic) bond motifs is 1. The van der Waals surface area contributed by atoms with E-state index in [1.165, 1.54) is 0 Å². The first-order chi connectivity index (χ1) is 8.56. The third-order valence-electron chi connectivity index (χ3n) is 3.39. The smallest absolute Gasteiger partial charge is 0.328 e. The highest BCUT2D eigenvalue weighted by Gasteiger charge is 2.09. The number of hydrogen-bond acceptors (Lipinski definition) is 3. The van der Waals surface area contributed by atoms with E-state index >= 15 is 0 Å². The molecule has 0 aliphatic heterocycles. The molecule has 0 aliphatic rings. The number of imidazole rings is 1. The molecule has 2 N–H and O–H groups in total. The molecular formula is C13H20N4O. The van der Waals surface area contributed by atoms with E-state index in [2.05, 4.69) is 4.90 Å². The van der Waals surface area contributed by atoms with E-state index in [1.807, 2.05) is 25.2 Å². The minimum absolute atomic E-state index is 0.00626. The summed E-state index contributed by atoms with van der Waals surface area (Å²) in [5.41, 5.74) is 8.55. The Morgan fingerprint density at radius 3 is 2.56 bits per heavy atom. The van der Waals surface area contributed by atoms with Gasteiger partial charge in [-0.3, -0.25) is 9.13 Å². The number of aromatic nitrogens is 2. The Morgan fingerprint density at radius 2 is 1.89 bits per heavy atom. The van der Waals surface area contributed by atoms with Crippen LogP contribution in [0.5, 0.6) is 0 Å². The number of benzene rings is 1. The number of rotatable bonds is 4. The maximum atomic E-state index is 11.8. The van der Waals surface area contributed by atoms with Crippen LogP contribution in [-0.4, -0.2) is 29.3 Å². The highest BCUT2D eigenvalue weighted by molar-refractivity contribution is 5.80. The molecule has 2 rings (SSSR count).